The van der Waals surface area contributed by atoms with Crippen molar-refractivity contribution in [3.63, 3.8) is 0 Å². The Morgan fingerprint density at radius 3 is 2.59 bits per heavy atom. The highest BCUT2D eigenvalue weighted by atomic mass is 32.2. The van der Waals surface area contributed by atoms with Crippen LogP contribution in [0.4, 0.5) is 8.78 Å². The molecule has 1 aliphatic carbocycles. The van der Waals surface area contributed by atoms with Gasteiger partial charge in [0.2, 0.25) is 5.43 Å². The summed E-state index contributed by atoms with van der Waals surface area (Å²) in [6.45, 7) is 0.350. The van der Waals surface area contributed by atoms with E-state index in [1.807, 2.05) is 29.3 Å². The average molecular weight is 452 g/mol. The first-order valence-electron chi connectivity index (χ1n) is 10.4. The molecule has 32 heavy (non-hydrogen) atoms. The van der Waals surface area contributed by atoms with Gasteiger partial charge in [0.05, 0.1) is 11.5 Å². The average Bonchev–Trinajstić information content (AvgIpc) is 3.58. The number of rotatable bonds is 1. The van der Waals surface area contributed by atoms with Crippen LogP contribution in [0.15, 0.2) is 58.4 Å². The highest BCUT2D eigenvalue weighted by molar-refractivity contribution is 7.98. The van der Waals surface area contributed by atoms with Crippen LogP contribution in [0.25, 0.3) is 0 Å². The van der Waals surface area contributed by atoms with Crippen LogP contribution in [-0.2, 0) is 5.75 Å². The quantitative estimate of drug-likeness (QED) is 0.601. The van der Waals surface area contributed by atoms with Crippen molar-refractivity contribution in [1.82, 2.24) is 4.68 Å². The number of hydrogen-bond acceptors (Lipinski definition) is 5. The van der Waals surface area contributed by atoms with Gasteiger partial charge in [-0.1, -0.05) is 24.3 Å². The van der Waals surface area contributed by atoms with Crippen LogP contribution >= 0.6 is 11.8 Å². The molecule has 3 aromatic rings. The number of pyridine rings is 1. The molecule has 3 aliphatic rings. The largest absolute Gasteiger partial charge is 0.503 e. The highest BCUT2D eigenvalue weighted by Crippen LogP contribution is 2.54. The molecule has 1 fully saturated rings. The van der Waals surface area contributed by atoms with E-state index in [-0.39, 0.29) is 22.8 Å². The maximum Gasteiger partial charge on any atom is 0.224 e. The number of halogens is 2. The summed E-state index contributed by atoms with van der Waals surface area (Å²) in [5.74, 6) is -2.32. The van der Waals surface area contributed by atoms with Crippen molar-refractivity contribution in [2.75, 3.05) is 11.6 Å². The lowest BCUT2D eigenvalue weighted by Crippen LogP contribution is -2.51. The fraction of sp³-hybridized carbons (Fsp3) is 0.250. The van der Waals surface area contributed by atoms with E-state index in [1.54, 1.807) is 6.07 Å². The Hall–Kier alpha value is -3.13. The number of nitrogens with zero attached hydrogens (tertiary/aromatic N) is 2. The van der Waals surface area contributed by atoms with Gasteiger partial charge in [0.1, 0.15) is 0 Å². The number of benzene rings is 2. The van der Waals surface area contributed by atoms with Gasteiger partial charge in [0, 0.05) is 35.0 Å². The van der Waals surface area contributed by atoms with Crippen molar-refractivity contribution in [1.29, 1.82) is 0 Å². The minimum Gasteiger partial charge on any atom is -0.503 e. The maximum atomic E-state index is 14.9. The standard InChI is InChI=1S/C24H18F2N2O3S/c25-16-6-5-13-15(19(16)26)11-32-18-4-2-1-3-14(18)20(13)28-12-24(8-9-24)23(31)21-22(30)17(29)7-10-27(21)28/h1-7,10,20,30H,8-9,11-12H2/t20-/m1/s1. The van der Waals surface area contributed by atoms with Gasteiger partial charge < -0.3 is 5.11 Å². The van der Waals surface area contributed by atoms with E-state index in [4.69, 9.17) is 0 Å². The second kappa shape index (κ2) is 6.68. The number of thioether (sulfide) groups is 1. The molecular weight excluding hydrogens is 434 g/mol. The first-order valence-corrected chi connectivity index (χ1v) is 11.3. The summed E-state index contributed by atoms with van der Waals surface area (Å²) in [7, 11) is 0. The topological polar surface area (TPSA) is 62.5 Å². The molecule has 162 valence electrons. The zero-order chi connectivity index (χ0) is 22.2. The molecule has 1 N–H and O–H groups in total. The van der Waals surface area contributed by atoms with E-state index in [9.17, 15) is 23.5 Å². The van der Waals surface area contributed by atoms with Gasteiger partial charge in [-0.05, 0) is 36.1 Å². The Bertz CT molecular complexity index is 1370. The minimum absolute atomic E-state index is 0.0419. The predicted octanol–water partition coefficient (Wildman–Crippen LogP) is 4.14. The monoisotopic (exact) mass is 452 g/mol. The molecule has 0 unspecified atom stereocenters. The van der Waals surface area contributed by atoms with Gasteiger partial charge in [-0.25, -0.2) is 8.78 Å². The summed E-state index contributed by atoms with van der Waals surface area (Å²) in [5, 5.41) is 12.4. The summed E-state index contributed by atoms with van der Waals surface area (Å²) in [6, 6.07) is 11.1. The Balaban J connectivity index is 1.65. The Morgan fingerprint density at radius 1 is 1.03 bits per heavy atom. The van der Waals surface area contributed by atoms with E-state index in [1.165, 1.54) is 28.7 Å². The third-order valence-electron chi connectivity index (χ3n) is 6.76. The molecular formula is C24H18F2N2O3S. The van der Waals surface area contributed by atoms with Gasteiger partial charge in [0.25, 0.3) is 0 Å². The lowest BCUT2D eigenvalue weighted by Gasteiger charge is -2.43. The molecule has 0 amide bonds. The van der Waals surface area contributed by atoms with E-state index in [0.717, 1.165) is 16.5 Å². The molecule has 1 saturated carbocycles. The Labute approximate surface area is 186 Å². The maximum absolute atomic E-state index is 14.9. The normalized spacial score (nSPS) is 20.4. The van der Waals surface area contributed by atoms with E-state index in [0.29, 0.717) is 24.9 Å². The molecule has 0 bridgehead atoms. The molecule has 8 heteroatoms. The summed E-state index contributed by atoms with van der Waals surface area (Å²) in [6.07, 6.45) is 2.78. The lowest BCUT2D eigenvalue weighted by atomic mass is 9.89. The van der Waals surface area contributed by atoms with Crippen LogP contribution < -0.4 is 10.4 Å². The number of aromatic hydroxyl groups is 1. The molecule has 6 rings (SSSR count). The molecule has 2 aromatic carbocycles. The molecule has 2 aliphatic heterocycles. The van der Waals surface area contributed by atoms with Crippen LogP contribution in [-0.4, -0.2) is 22.1 Å². The number of carbonyl (C=O) groups is 1. The van der Waals surface area contributed by atoms with Crippen molar-refractivity contribution in [2.24, 2.45) is 5.41 Å². The van der Waals surface area contributed by atoms with Crippen LogP contribution in [0.3, 0.4) is 0 Å². The van der Waals surface area contributed by atoms with Crippen molar-refractivity contribution in [3.8, 4) is 5.75 Å². The van der Waals surface area contributed by atoms with Crippen LogP contribution in [0.1, 0.15) is 46.1 Å². The van der Waals surface area contributed by atoms with Gasteiger partial charge in [-0.2, -0.15) is 0 Å². The van der Waals surface area contributed by atoms with Crippen LogP contribution in [0, 0.1) is 17.0 Å². The Morgan fingerprint density at radius 2 is 1.81 bits per heavy atom. The number of carbonyl (C=O) groups excluding carboxylic acids is 1. The third-order valence-corrected chi connectivity index (χ3v) is 7.87. The number of aromatic nitrogens is 1. The van der Waals surface area contributed by atoms with Crippen molar-refractivity contribution in [3.05, 3.63) is 92.9 Å². The smallest absolute Gasteiger partial charge is 0.224 e. The predicted molar refractivity (Wildman–Crippen MR) is 116 cm³/mol. The minimum atomic E-state index is -0.900. The number of hydrogen-bond donors (Lipinski definition) is 1. The van der Waals surface area contributed by atoms with Crippen molar-refractivity contribution >= 4 is 17.5 Å². The first kappa shape index (κ1) is 19.5. The zero-order valence-electron chi connectivity index (χ0n) is 16.8. The lowest BCUT2D eigenvalue weighted by molar-refractivity contribution is 0.0856. The van der Waals surface area contributed by atoms with E-state index in [2.05, 4.69) is 0 Å². The fourth-order valence-electron chi connectivity index (χ4n) is 4.89. The molecule has 3 heterocycles. The summed E-state index contributed by atoms with van der Waals surface area (Å²) in [5.41, 5.74) is 0.447. The second-order valence-corrected chi connectivity index (χ2v) is 9.60. The van der Waals surface area contributed by atoms with Crippen LogP contribution in [0.2, 0.25) is 0 Å². The SMILES string of the molecule is O=C1c2c(O)c(=O)ccn2N([C@H]2c3ccccc3SCc3c2ccc(F)c3F)CC12CC2. The number of fused-ring (bicyclic) bond motifs is 3. The summed E-state index contributed by atoms with van der Waals surface area (Å²) < 4.78 is 30.6. The highest BCUT2D eigenvalue weighted by Gasteiger charge is 2.56. The number of ketones is 1. The third kappa shape index (κ3) is 2.62. The summed E-state index contributed by atoms with van der Waals surface area (Å²) in [4.78, 5) is 26.3. The van der Waals surface area contributed by atoms with Crippen molar-refractivity contribution < 1.29 is 18.7 Å². The van der Waals surface area contributed by atoms with E-state index >= 15 is 0 Å². The van der Waals surface area contributed by atoms with Gasteiger partial charge in [-0.3, -0.25) is 19.3 Å². The molecule has 0 radical (unpaired) electrons. The van der Waals surface area contributed by atoms with E-state index < -0.39 is 34.3 Å². The first-order chi connectivity index (χ1) is 15.4. The zero-order valence-corrected chi connectivity index (χ0v) is 17.7. The van der Waals surface area contributed by atoms with Gasteiger partial charge in [0.15, 0.2) is 28.9 Å². The number of Topliss-reactive ketones (excluding diaryl/α,β-unsaturated/α-hetero) is 1. The molecule has 0 saturated heterocycles. The van der Waals surface area contributed by atoms with Crippen molar-refractivity contribution in [2.45, 2.75) is 29.5 Å². The van der Waals surface area contributed by atoms with Crippen LogP contribution in [0.5, 0.6) is 5.75 Å². The van der Waals surface area contributed by atoms with Gasteiger partial charge >= 0.3 is 0 Å². The molecule has 1 spiro atoms. The molecule has 1 atom stereocenters. The van der Waals surface area contributed by atoms with Gasteiger partial charge in [-0.15, -0.1) is 11.8 Å². The second-order valence-electron chi connectivity index (χ2n) is 8.59. The fourth-order valence-corrected chi connectivity index (χ4v) is 6.00. The Kier molecular flexibility index (Phi) is 4.08. The molecule has 1 aromatic heterocycles. The summed E-state index contributed by atoms with van der Waals surface area (Å²) >= 11 is 1.44. The molecule has 5 nitrogen and oxygen atoms in total.